The van der Waals surface area contributed by atoms with Crippen molar-refractivity contribution in [2.75, 3.05) is 7.05 Å². The Bertz CT molecular complexity index is 527. The average molecular weight is 250 g/mol. The van der Waals surface area contributed by atoms with Gasteiger partial charge >= 0.3 is 0 Å². The van der Waals surface area contributed by atoms with Crippen LogP contribution in [0.5, 0.6) is 5.75 Å². The Morgan fingerprint density at radius 1 is 1.44 bits per heavy atom. The summed E-state index contributed by atoms with van der Waals surface area (Å²) in [5.41, 5.74) is 0.777. The zero-order valence-electron chi connectivity index (χ0n) is 10.4. The Hall–Kier alpha value is -1.95. The molecule has 0 aliphatic carbocycles. The van der Waals surface area contributed by atoms with Gasteiger partial charge in [0.25, 0.3) is 0 Å². The monoisotopic (exact) mass is 250 g/mol. The molecule has 5 nitrogen and oxygen atoms in total. The van der Waals surface area contributed by atoms with Crippen molar-refractivity contribution in [2.24, 2.45) is 7.05 Å². The van der Waals surface area contributed by atoms with E-state index in [2.05, 4.69) is 15.5 Å². The first-order valence-electron chi connectivity index (χ1n) is 5.60. The fourth-order valence-electron chi connectivity index (χ4n) is 1.62. The van der Waals surface area contributed by atoms with Gasteiger partial charge in [0, 0.05) is 19.2 Å². The van der Waals surface area contributed by atoms with Crippen molar-refractivity contribution < 1.29 is 9.13 Å². The summed E-state index contributed by atoms with van der Waals surface area (Å²) in [5, 5.41) is 10.6. The van der Waals surface area contributed by atoms with E-state index < -0.39 is 0 Å². The van der Waals surface area contributed by atoms with Gasteiger partial charge < -0.3 is 14.6 Å². The van der Waals surface area contributed by atoms with Crippen molar-refractivity contribution in [2.45, 2.75) is 13.2 Å². The predicted octanol–water partition coefficient (Wildman–Crippen LogP) is 1.25. The molecule has 0 saturated carbocycles. The molecule has 0 atom stereocenters. The second-order valence-electron chi connectivity index (χ2n) is 3.91. The summed E-state index contributed by atoms with van der Waals surface area (Å²) in [6, 6.07) is 4.87. The summed E-state index contributed by atoms with van der Waals surface area (Å²) < 4.78 is 20.9. The van der Waals surface area contributed by atoms with Crippen LogP contribution in [0.2, 0.25) is 0 Å². The zero-order valence-corrected chi connectivity index (χ0v) is 10.4. The summed E-state index contributed by atoms with van der Waals surface area (Å²) in [7, 11) is 3.62. The first kappa shape index (κ1) is 12.5. The normalized spacial score (nSPS) is 10.6. The lowest BCUT2D eigenvalue weighted by Gasteiger charge is -2.11. The van der Waals surface area contributed by atoms with Gasteiger partial charge in [-0.25, -0.2) is 4.39 Å². The highest BCUT2D eigenvalue weighted by Crippen LogP contribution is 2.23. The molecule has 1 heterocycles. The maximum Gasteiger partial charge on any atom is 0.170 e. The molecular weight excluding hydrogens is 235 g/mol. The van der Waals surface area contributed by atoms with Gasteiger partial charge in [0.1, 0.15) is 12.9 Å². The molecule has 1 aromatic heterocycles. The van der Waals surface area contributed by atoms with Gasteiger partial charge in [-0.1, -0.05) is 12.1 Å². The van der Waals surface area contributed by atoms with Gasteiger partial charge in [0.2, 0.25) is 0 Å². The van der Waals surface area contributed by atoms with Crippen LogP contribution in [0.1, 0.15) is 11.4 Å². The molecule has 1 N–H and O–H groups in total. The number of hydrogen-bond donors (Lipinski definition) is 1. The highest BCUT2D eigenvalue weighted by molar-refractivity contribution is 5.34. The molecule has 2 rings (SSSR count). The third-order valence-corrected chi connectivity index (χ3v) is 2.57. The van der Waals surface area contributed by atoms with Crippen LogP contribution < -0.4 is 10.1 Å². The molecule has 0 aliphatic rings. The minimum absolute atomic E-state index is 0.189. The van der Waals surface area contributed by atoms with Gasteiger partial charge in [-0.3, -0.25) is 0 Å². The fourth-order valence-corrected chi connectivity index (χ4v) is 1.62. The number of rotatable bonds is 5. The Kier molecular flexibility index (Phi) is 3.88. The molecule has 0 aliphatic heterocycles. The Morgan fingerprint density at radius 2 is 2.28 bits per heavy atom. The third-order valence-electron chi connectivity index (χ3n) is 2.57. The number of benzene rings is 1. The predicted molar refractivity (Wildman–Crippen MR) is 64.5 cm³/mol. The summed E-state index contributed by atoms with van der Waals surface area (Å²) in [6.07, 6.45) is 1.58. The smallest absolute Gasteiger partial charge is 0.170 e. The van der Waals surface area contributed by atoms with Gasteiger partial charge in [0.05, 0.1) is 0 Å². The number of ether oxygens (including phenoxy) is 1. The molecule has 96 valence electrons. The van der Waals surface area contributed by atoms with Crippen LogP contribution in [0.4, 0.5) is 4.39 Å². The quantitative estimate of drug-likeness (QED) is 0.867. The van der Waals surface area contributed by atoms with Crippen molar-refractivity contribution in [3.63, 3.8) is 0 Å². The maximum atomic E-state index is 13.7. The Labute approximate surface area is 105 Å². The van der Waals surface area contributed by atoms with Crippen molar-refractivity contribution in [3.05, 3.63) is 41.7 Å². The van der Waals surface area contributed by atoms with E-state index in [0.717, 1.165) is 5.56 Å². The van der Waals surface area contributed by atoms with E-state index in [0.29, 0.717) is 12.4 Å². The number of halogens is 1. The molecule has 6 heteroatoms. The molecule has 0 bridgehead atoms. The van der Waals surface area contributed by atoms with Crippen molar-refractivity contribution in [3.8, 4) is 5.75 Å². The molecule has 0 saturated heterocycles. The molecule has 1 aromatic carbocycles. The maximum absolute atomic E-state index is 13.7. The number of aryl methyl sites for hydroxylation is 1. The van der Waals surface area contributed by atoms with Crippen LogP contribution in [0.25, 0.3) is 0 Å². The van der Waals surface area contributed by atoms with E-state index in [1.54, 1.807) is 24.0 Å². The lowest BCUT2D eigenvalue weighted by atomic mass is 10.2. The number of para-hydroxylation sites is 1. The SMILES string of the molecule is CNCc1cccc(F)c1OCc1nncn1C. The summed E-state index contributed by atoms with van der Waals surface area (Å²) in [5.74, 6) is 0.536. The molecule has 0 unspecified atom stereocenters. The number of hydrogen-bond acceptors (Lipinski definition) is 4. The van der Waals surface area contributed by atoms with E-state index in [-0.39, 0.29) is 18.2 Å². The van der Waals surface area contributed by atoms with Gasteiger partial charge in [-0.2, -0.15) is 0 Å². The molecule has 0 fully saturated rings. The lowest BCUT2D eigenvalue weighted by Crippen LogP contribution is -2.10. The van der Waals surface area contributed by atoms with Crippen molar-refractivity contribution >= 4 is 0 Å². The first-order valence-corrected chi connectivity index (χ1v) is 5.60. The Balaban J connectivity index is 2.15. The molecule has 18 heavy (non-hydrogen) atoms. The third kappa shape index (κ3) is 2.65. The number of aromatic nitrogens is 3. The molecule has 0 amide bonds. The standard InChI is InChI=1S/C12H15FN4O/c1-14-6-9-4-3-5-10(13)12(9)18-7-11-16-15-8-17(11)2/h3-5,8,14H,6-7H2,1-2H3. The second-order valence-corrected chi connectivity index (χ2v) is 3.91. The van der Waals surface area contributed by atoms with E-state index in [4.69, 9.17) is 4.74 Å². The minimum atomic E-state index is -0.370. The van der Waals surface area contributed by atoms with Crippen LogP contribution >= 0.6 is 0 Å². The van der Waals surface area contributed by atoms with Crippen molar-refractivity contribution in [1.82, 2.24) is 20.1 Å². The summed E-state index contributed by atoms with van der Waals surface area (Å²) in [6.45, 7) is 0.736. The van der Waals surface area contributed by atoms with Crippen LogP contribution in [-0.2, 0) is 20.2 Å². The zero-order chi connectivity index (χ0) is 13.0. The molecule has 0 radical (unpaired) electrons. The van der Waals surface area contributed by atoms with Crippen molar-refractivity contribution in [1.29, 1.82) is 0 Å². The topological polar surface area (TPSA) is 52.0 Å². The minimum Gasteiger partial charge on any atom is -0.482 e. The number of nitrogens with zero attached hydrogens (tertiary/aromatic N) is 3. The van der Waals surface area contributed by atoms with E-state index in [9.17, 15) is 4.39 Å². The van der Waals surface area contributed by atoms with E-state index in [1.807, 2.05) is 13.1 Å². The van der Waals surface area contributed by atoms with Crippen LogP contribution in [0, 0.1) is 5.82 Å². The highest BCUT2D eigenvalue weighted by atomic mass is 19.1. The van der Waals surface area contributed by atoms with E-state index in [1.165, 1.54) is 6.07 Å². The van der Waals surface area contributed by atoms with Crippen LogP contribution in [0.3, 0.4) is 0 Å². The average Bonchev–Trinajstić information content (AvgIpc) is 2.75. The van der Waals surface area contributed by atoms with Gasteiger partial charge in [-0.15, -0.1) is 10.2 Å². The largest absolute Gasteiger partial charge is 0.482 e. The van der Waals surface area contributed by atoms with Gasteiger partial charge in [-0.05, 0) is 13.1 Å². The van der Waals surface area contributed by atoms with Crippen LogP contribution in [-0.4, -0.2) is 21.8 Å². The first-order chi connectivity index (χ1) is 8.72. The van der Waals surface area contributed by atoms with E-state index >= 15 is 0 Å². The molecule has 0 spiro atoms. The van der Waals surface area contributed by atoms with Gasteiger partial charge in [0.15, 0.2) is 17.4 Å². The molecular formula is C12H15FN4O. The Morgan fingerprint density at radius 3 is 2.94 bits per heavy atom. The summed E-state index contributed by atoms with van der Waals surface area (Å²) >= 11 is 0. The fraction of sp³-hybridized carbons (Fsp3) is 0.333. The number of nitrogens with one attached hydrogen (secondary N) is 1. The second kappa shape index (κ2) is 5.59. The van der Waals surface area contributed by atoms with Crippen LogP contribution in [0.15, 0.2) is 24.5 Å². The lowest BCUT2D eigenvalue weighted by molar-refractivity contribution is 0.273. The summed E-state index contributed by atoms with van der Waals surface area (Å²) in [4.78, 5) is 0. The molecule has 2 aromatic rings. The highest BCUT2D eigenvalue weighted by Gasteiger charge is 2.10.